The fourth-order valence-corrected chi connectivity index (χ4v) is 9.36. The Morgan fingerprint density at radius 2 is 0.821 bits per heavy atom. The Balaban J connectivity index is 5.24. The number of quaternary nitrogens is 1. The highest BCUT2D eigenvalue weighted by Crippen LogP contribution is 2.43. The standard InChI is InChI=1S/C68H119N2O7P/c1-7-10-13-16-19-22-25-28-30-31-32-33-34-35-36-37-38-39-40-42-45-48-51-54-57-60-67(71)69-65(64-76-78(73,74)75-63-62-70(4,5)6)66(59-56-53-50-47-44-41-27-24-21-18-15-12-9-3)77-68(72)61-58-55-52-49-46-43-29-26-23-20-17-14-11-8-2/h10-11,13-14,19-20,22-23,28,30,32-33,35-36,38-39,56,59,65-66H,7-9,12,15-18,21,24-27,29,31,34,37,40-55,57-58,60-64H2,1-6H3,(H-,69,71,73,74)/p+1/b13-10-,14-11+,22-19-,23-20+,30-28-,33-32-,36-35-,39-38-,59-56-. The van der Waals surface area contributed by atoms with Crippen LogP contribution in [0, 0.1) is 0 Å². The maximum absolute atomic E-state index is 13.6. The van der Waals surface area contributed by atoms with Crippen molar-refractivity contribution >= 4 is 19.7 Å². The number of hydrogen-bond donors (Lipinski definition) is 2. The molecule has 0 heterocycles. The van der Waals surface area contributed by atoms with Gasteiger partial charge in [-0.15, -0.1) is 0 Å². The number of hydrogen-bond acceptors (Lipinski definition) is 6. The molecular weight excluding hydrogens is 988 g/mol. The van der Waals surface area contributed by atoms with Crippen LogP contribution in [0.5, 0.6) is 0 Å². The molecule has 0 fully saturated rings. The maximum atomic E-state index is 13.6. The van der Waals surface area contributed by atoms with Gasteiger partial charge in [-0.2, -0.15) is 0 Å². The number of rotatable bonds is 56. The Kier molecular flexibility index (Phi) is 54.5. The van der Waals surface area contributed by atoms with Gasteiger partial charge in [0.2, 0.25) is 5.91 Å². The number of carbonyl (C=O) groups is 2. The van der Waals surface area contributed by atoms with E-state index < -0.39 is 20.0 Å². The van der Waals surface area contributed by atoms with E-state index in [1.54, 1.807) is 0 Å². The fraction of sp³-hybridized carbons (Fsp3) is 0.706. The summed E-state index contributed by atoms with van der Waals surface area (Å²) in [6, 6.07) is -0.867. The molecule has 10 heteroatoms. The first-order chi connectivity index (χ1) is 37.9. The summed E-state index contributed by atoms with van der Waals surface area (Å²) in [6.45, 7) is 6.77. The highest BCUT2D eigenvalue weighted by Gasteiger charge is 2.30. The van der Waals surface area contributed by atoms with E-state index in [-0.39, 0.29) is 31.5 Å². The molecule has 0 aromatic rings. The van der Waals surface area contributed by atoms with Gasteiger partial charge in [-0.1, -0.05) is 246 Å². The quantitative estimate of drug-likeness (QED) is 0.0205. The van der Waals surface area contributed by atoms with Crippen LogP contribution in [0.15, 0.2) is 109 Å². The number of phosphoric acid groups is 1. The predicted molar refractivity (Wildman–Crippen MR) is 337 cm³/mol. The van der Waals surface area contributed by atoms with E-state index in [0.29, 0.717) is 17.4 Å². The van der Waals surface area contributed by atoms with Crippen LogP contribution in [0.3, 0.4) is 0 Å². The summed E-state index contributed by atoms with van der Waals surface area (Å²) >= 11 is 0. The summed E-state index contributed by atoms with van der Waals surface area (Å²) < 4.78 is 30.7. The maximum Gasteiger partial charge on any atom is 0.472 e. The molecule has 0 aliphatic rings. The second-order valence-electron chi connectivity index (χ2n) is 22.2. The molecule has 0 rings (SSSR count). The molecule has 3 atom stereocenters. The zero-order valence-corrected chi connectivity index (χ0v) is 52.0. The smallest absolute Gasteiger partial charge is 0.456 e. The molecule has 0 aromatic carbocycles. The first kappa shape index (κ1) is 74.7. The molecule has 448 valence electrons. The summed E-state index contributed by atoms with van der Waals surface area (Å²) in [5.74, 6) is -0.536. The summed E-state index contributed by atoms with van der Waals surface area (Å²) in [4.78, 5) is 37.7. The highest BCUT2D eigenvalue weighted by atomic mass is 31.2. The zero-order chi connectivity index (χ0) is 57.2. The monoisotopic (exact) mass is 1110 g/mol. The van der Waals surface area contributed by atoms with Crippen molar-refractivity contribution in [3.63, 3.8) is 0 Å². The van der Waals surface area contributed by atoms with Gasteiger partial charge in [0.25, 0.3) is 0 Å². The van der Waals surface area contributed by atoms with Crippen molar-refractivity contribution in [2.75, 3.05) is 40.9 Å². The molecule has 0 bridgehead atoms. The number of nitrogens with zero attached hydrogens (tertiary/aromatic N) is 1. The van der Waals surface area contributed by atoms with Gasteiger partial charge >= 0.3 is 13.8 Å². The SMILES string of the molecule is CC/C=C\C/C=C\C/C=C\C/C=C\C/C=C\C/C=C\CCCCCCCCC(=O)NC(COP(=O)(O)OCC[N+](C)(C)C)C(/C=C\CCCCCCCCCCCCC)OC(=O)CCCCCCCCC/C=C/C/C=C/CC. The summed E-state index contributed by atoms with van der Waals surface area (Å²) in [6.07, 6.45) is 78.0. The van der Waals surface area contributed by atoms with E-state index in [0.717, 1.165) is 148 Å². The summed E-state index contributed by atoms with van der Waals surface area (Å²) in [7, 11) is 1.47. The molecule has 0 aliphatic carbocycles. The lowest BCUT2D eigenvalue weighted by Gasteiger charge is -2.27. The van der Waals surface area contributed by atoms with Crippen LogP contribution in [0.4, 0.5) is 0 Å². The van der Waals surface area contributed by atoms with Crippen LogP contribution in [-0.2, 0) is 27.9 Å². The van der Waals surface area contributed by atoms with E-state index in [4.69, 9.17) is 13.8 Å². The number of phosphoric ester groups is 1. The Bertz CT molecular complexity index is 1700. The minimum absolute atomic E-state index is 0.0304. The Labute approximate surface area is 481 Å². The summed E-state index contributed by atoms with van der Waals surface area (Å²) in [5.41, 5.74) is 0. The van der Waals surface area contributed by atoms with Crippen LogP contribution in [0.1, 0.15) is 258 Å². The average Bonchev–Trinajstić information content (AvgIpc) is 3.40. The molecule has 9 nitrogen and oxygen atoms in total. The molecule has 3 unspecified atom stereocenters. The lowest BCUT2D eigenvalue weighted by Crippen LogP contribution is -2.47. The average molecular weight is 1110 g/mol. The van der Waals surface area contributed by atoms with E-state index in [1.165, 1.54) is 77.0 Å². The van der Waals surface area contributed by atoms with Crippen molar-refractivity contribution in [3.8, 4) is 0 Å². The lowest BCUT2D eigenvalue weighted by molar-refractivity contribution is -0.870. The highest BCUT2D eigenvalue weighted by molar-refractivity contribution is 7.47. The van der Waals surface area contributed by atoms with Gasteiger partial charge in [0.1, 0.15) is 19.3 Å². The third-order valence-corrected chi connectivity index (χ3v) is 14.4. The number of unbranched alkanes of at least 4 members (excludes halogenated alkanes) is 24. The van der Waals surface area contributed by atoms with Crippen LogP contribution in [-0.4, -0.2) is 74.3 Å². The number of amides is 1. The Hall–Kier alpha value is -3.33. The van der Waals surface area contributed by atoms with Crippen LogP contribution < -0.4 is 5.32 Å². The molecule has 0 saturated heterocycles. The molecule has 0 saturated carbocycles. The van der Waals surface area contributed by atoms with E-state index in [1.807, 2.05) is 33.3 Å². The van der Waals surface area contributed by atoms with Gasteiger partial charge in [-0.05, 0) is 109 Å². The van der Waals surface area contributed by atoms with Crippen molar-refractivity contribution in [2.24, 2.45) is 0 Å². The van der Waals surface area contributed by atoms with Crippen molar-refractivity contribution in [2.45, 2.75) is 270 Å². The van der Waals surface area contributed by atoms with Gasteiger partial charge in [0.05, 0.1) is 33.8 Å². The van der Waals surface area contributed by atoms with Crippen molar-refractivity contribution in [3.05, 3.63) is 109 Å². The van der Waals surface area contributed by atoms with Crippen LogP contribution >= 0.6 is 7.82 Å². The van der Waals surface area contributed by atoms with Crippen LogP contribution in [0.2, 0.25) is 0 Å². The number of nitrogens with one attached hydrogen (secondary N) is 1. The predicted octanol–water partition coefficient (Wildman–Crippen LogP) is 19.7. The third-order valence-electron chi connectivity index (χ3n) is 13.5. The third kappa shape index (κ3) is 57.4. The van der Waals surface area contributed by atoms with Crippen molar-refractivity contribution in [1.82, 2.24) is 5.32 Å². The number of esters is 1. The van der Waals surface area contributed by atoms with Crippen molar-refractivity contribution < 1.29 is 37.3 Å². The van der Waals surface area contributed by atoms with E-state index in [2.05, 4.69) is 123 Å². The first-order valence-electron chi connectivity index (χ1n) is 31.7. The number of ether oxygens (including phenoxy) is 1. The Morgan fingerprint density at radius 3 is 1.23 bits per heavy atom. The van der Waals surface area contributed by atoms with Gasteiger partial charge in [-0.25, -0.2) is 4.57 Å². The molecular formula is C68H120N2O7P+. The lowest BCUT2D eigenvalue weighted by atomic mass is 10.0. The second kappa shape index (κ2) is 56.9. The largest absolute Gasteiger partial charge is 0.472 e. The topological polar surface area (TPSA) is 111 Å². The van der Waals surface area contributed by atoms with Crippen LogP contribution in [0.25, 0.3) is 0 Å². The number of allylic oxidation sites excluding steroid dienone is 17. The minimum atomic E-state index is -4.46. The van der Waals surface area contributed by atoms with Crippen molar-refractivity contribution in [1.29, 1.82) is 0 Å². The molecule has 0 aromatic heterocycles. The van der Waals surface area contributed by atoms with Gasteiger partial charge in [0, 0.05) is 12.8 Å². The molecule has 1 amide bonds. The summed E-state index contributed by atoms with van der Waals surface area (Å²) in [5, 5.41) is 3.05. The molecule has 2 N–H and O–H groups in total. The Morgan fingerprint density at radius 1 is 0.462 bits per heavy atom. The van der Waals surface area contributed by atoms with Gasteiger partial charge in [-0.3, -0.25) is 18.6 Å². The molecule has 0 spiro atoms. The second-order valence-corrected chi connectivity index (χ2v) is 23.6. The molecule has 0 radical (unpaired) electrons. The first-order valence-corrected chi connectivity index (χ1v) is 33.2. The van der Waals surface area contributed by atoms with Gasteiger partial charge < -0.3 is 19.4 Å². The normalized spacial score (nSPS) is 14.4. The fourth-order valence-electron chi connectivity index (χ4n) is 8.63. The molecule has 78 heavy (non-hydrogen) atoms. The zero-order valence-electron chi connectivity index (χ0n) is 51.1. The van der Waals surface area contributed by atoms with E-state index >= 15 is 0 Å². The number of carbonyl (C=O) groups excluding carboxylic acids is 2. The van der Waals surface area contributed by atoms with Gasteiger partial charge in [0.15, 0.2) is 0 Å². The number of likely N-dealkylation sites (N-methyl/N-ethyl adjacent to an activating group) is 1. The molecule has 0 aliphatic heterocycles. The van der Waals surface area contributed by atoms with E-state index in [9.17, 15) is 19.0 Å². The minimum Gasteiger partial charge on any atom is -0.456 e.